The summed E-state index contributed by atoms with van der Waals surface area (Å²) in [4.78, 5) is 0. The van der Waals surface area contributed by atoms with Crippen LogP contribution in [0.1, 0.15) is 0 Å². The molecule has 3 aromatic carbocycles. The van der Waals surface area contributed by atoms with Crippen LogP contribution >= 0.6 is 7.41 Å². The Morgan fingerprint density at radius 1 is 0.522 bits per heavy atom. The zero-order valence-electron chi connectivity index (χ0n) is 13.4. The van der Waals surface area contributed by atoms with Crippen molar-refractivity contribution in [2.45, 2.75) is 0 Å². The number of rotatable bonds is 4. The van der Waals surface area contributed by atoms with Crippen LogP contribution in [0.2, 0.25) is 0 Å². The molecule has 1 nitrogen and oxygen atoms in total. The molecule has 0 saturated carbocycles. The van der Waals surface area contributed by atoms with Crippen molar-refractivity contribution in [1.29, 1.82) is 0 Å². The molecule has 0 N–H and O–H groups in total. The summed E-state index contributed by atoms with van der Waals surface area (Å²) >= 11 is 0. The van der Waals surface area contributed by atoms with Gasteiger partial charge in [-0.1, -0.05) is 54.6 Å². The number of benzene rings is 3. The van der Waals surface area contributed by atoms with Crippen molar-refractivity contribution in [1.82, 2.24) is 4.67 Å². The van der Waals surface area contributed by atoms with E-state index in [4.69, 9.17) is 0 Å². The molecule has 0 aliphatic carbocycles. The van der Waals surface area contributed by atoms with Gasteiger partial charge in [-0.05, 0) is 36.4 Å². The lowest BCUT2D eigenvalue weighted by atomic mass is 10.4. The molecule has 0 heterocycles. The second-order valence-corrected chi connectivity index (χ2v) is 9.11. The largest absolute Gasteiger partial charge is 1.00 e. The molecule has 3 aromatic rings. The van der Waals surface area contributed by atoms with Gasteiger partial charge in [0.05, 0.1) is 0 Å². The van der Waals surface area contributed by atoms with Gasteiger partial charge in [-0.25, -0.2) is 0 Å². The Hall–Kier alpha value is -1.47. The maximum atomic E-state index is 2.41. The Morgan fingerprint density at radius 3 is 1.00 bits per heavy atom. The molecule has 118 valence electrons. The van der Waals surface area contributed by atoms with E-state index >= 15 is 0 Å². The minimum Gasteiger partial charge on any atom is -1.00 e. The highest BCUT2D eigenvalue weighted by Gasteiger charge is 2.48. The van der Waals surface area contributed by atoms with Crippen LogP contribution in [0.3, 0.4) is 0 Å². The van der Waals surface area contributed by atoms with Crippen molar-refractivity contribution in [3.8, 4) is 0 Å². The number of hydrogen-bond donors (Lipinski definition) is 0. The molecule has 0 amide bonds. The van der Waals surface area contributed by atoms with E-state index in [-0.39, 0.29) is 17.0 Å². The standard InChI is InChI=1S/C20H21NP.BrH/c1-21(2)22(18-12-6-3-7-13-18,19-14-8-4-9-15-19)20-16-10-5-11-17-20;/h3-17H,1-2H3;1H/q+1;/p-1. The van der Waals surface area contributed by atoms with Crippen LogP contribution < -0.4 is 32.9 Å². The summed E-state index contributed by atoms with van der Waals surface area (Å²) in [6, 6.07) is 32.6. The fraction of sp³-hybridized carbons (Fsp3) is 0.100. The molecule has 0 fully saturated rings. The van der Waals surface area contributed by atoms with Gasteiger partial charge in [-0.15, -0.1) is 0 Å². The van der Waals surface area contributed by atoms with Gasteiger partial charge in [0.2, 0.25) is 0 Å². The van der Waals surface area contributed by atoms with Gasteiger partial charge in [0.1, 0.15) is 15.9 Å². The summed E-state index contributed by atoms with van der Waals surface area (Å²) in [6.45, 7) is 0. The number of hydrogen-bond acceptors (Lipinski definition) is 1. The summed E-state index contributed by atoms with van der Waals surface area (Å²) in [5.41, 5.74) is 0. The van der Waals surface area contributed by atoms with E-state index in [1.54, 1.807) is 0 Å². The van der Waals surface area contributed by atoms with E-state index in [9.17, 15) is 0 Å². The maximum absolute atomic E-state index is 2.41. The smallest absolute Gasteiger partial charge is 0.180 e. The SMILES string of the molecule is CN(C)[P+](c1ccccc1)(c1ccccc1)c1ccccc1.[Br-]. The summed E-state index contributed by atoms with van der Waals surface area (Å²) in [5.74, 6) is 0. The molecule has 0 spiro atoms. The Bertz CT molecular complexity index is 618. The third kappa shape index (κ3) is 3.26. The topological polar surface area (TPSA) is 3.24 Å². The molecule has 3 rings (SSSR count). The summed E-state index contributed by atoms with van der Waals surface area (Å²) in [6.07, 6.45) is 0. The van der Waals surface area contributed by atoms with E-state index in [2.05, 4.69) is 110 Å². The van der Waals surface area contributed by atoms with Gasteiger partial charge in [-0.2, -0.15) is 4.67 Å². The van der Waals surface area contributed by atoms with Gasteiger partial charge >= 0.3 is 0 Å². The highest BCUT2D eigenvalue weighted by Crippen LogP contribution is 2.56. The Labute approximate surface area is 150 Å². The minimum absolute atomic E-state index is 0. The lowest BCUT2D eigenvalue weighted by Crippen LogP contribution is -3.00. The lowest BCUT2D eigenvalue weighted by Gasteiger charge is -2.32. The van der Waals surface area contributed by atoms with Gasteiger partial charge in [0.15, 0.2) is 7.41 Å². The average Bonchev–Trinajstić information content (AvgIpc) is 2.58. The van der Waals surface area contributed by atoms with Crippen molar-refractivity contribution < 1.29 is 17.0 Å². The van der Waals surface area contributed by atoms with E-state index in [1.807, 2.05) is 0 Å². The van der Waals surface area contributed by atoms with Crippen molar-refractivity contribution in [3.63, 3.8) is 0 Å². The Balaban J connectivity index is 0.00000192. The van der Waals surface area contributed by atoms with Crippen LogP contribution in [0.25, 0.3) is 0 Å². The van der Waals surface area contributed by atoms with Gasteiger partial charge in [-0.3, -0.25) is 0 Å². The van der Waals surface area contributed by atoms with Gasteiger partial charge in [0, 0.05) is 14.1 Å². The normalized spacial score (nSPS) is 11.1. The first kappa shape index (κ1) is 17.9. The van der Waals surface area contributed by atoms with Gasteiger partial charge in [0.25, 0.3) is 0 Å². The molecule has 0 aliphatic rings. The van der Waals surface area contributed by atoms with Crippen LogP contribution in [-0.4, -0.2) is 18.8 Å². The van der Waals surface area contributed by atoms with Gasteiger partial charge < -0.3 is 17.0 Å². The van der Waals surface area contributed by atoms with Crippen LogP contribution in [0, 0.1) is 0 Å². The highest BCUT2D eigenvalue weighted by molar-refractivity contribution is 7.93. The molecule has 0 unspecified atom stereocenters. The molecule has 0 atom stereocenters. The van der Waals surface area contributed by atoms with Crippen LogP contribution in [0.4, 0.5) is 0 Å². The zero-order valence-corrected chi connectivity index (χ0v) is 15.9. The van der Waals surface area contributed by atoms with E-state index in [0.717, 1.165) is 0 Å². The molecule has 0 saturated heterocycles. The molecule has 0 bridgehead atoms. The second kappa shape index (κ2) is 7.88. The molecule has 0 aliphatic heterocycles. The fourth-order valence-corrected chi connectivity index (χ4v) is 7.16. The Morgan fingerprint density at radius 2 is 0.783 bits per heavy atom. The van der Waals surface area contributed by atoms with Crippen LogP contribution in [0.15, 0.2) is 91.0 Å². The first-order chi connectivity index (χ1) is 10.8. The second-order valence-electron chi connectivity index (χ2n) is 5.49. The van der Waals surface area contributed by atoms with Crippen molar-refractivity contribution in [2.75, 3.05) is 14.1 Å². The molecular formula is C20H21BrNP. The fourth-order valence-electron chi connectivity index (χ4n) is 3.07. The lowest BCUT2D eigenvalue weighted by molar-refractivity contribution is -0.00000434. The van der Waals surface area contributed by atoms with Crippen molar-refractivity contribution in [2.24, 2.45) is 0 Å². The molecule has 23 heavy (non-hydrogen) atoms. The molecule has 0 radical (unpaired) electrons. The predicted octanol–water partition coefficient (Wildman–Crippen LogP) is 0.461. The van der Waals surface area contributed by atoms with Crippen molar-refractivity contribution in [3.05, 3.63) is 91.0 Å². The van der Waals surface area contributed by atoms with Crippen LogP contribution in [-0.2, 0) is 0 Å². The van der Waals surface area contributed by atoms with E-state index < -0.39 is 7.41 Å². The third-order valence-electron chi connectivity index (χ3n) is 3.99. The molecular weight excluding hydrogens is 365 g/mol. The number of nitrogens with zero attached hydrogens (tertiary/aromatic N) is 1. The average molecular weight is 386 g/mol. The van der Waals surface area contributed by atoms with Crippen molar-refractivity contribution >= 4 is 23.3 Å². The monoisotopic (exact) mass is 385 g/mol. The van der Waals surface area contributed by atoms with E-state index in [1.165, 1.54) is 15.9 Å². The third-order valence-corrected chi connectivity index (χ3v) is 8.33. The summed E-state index contributed by atoms with van der Waals surface area (Å²) in [5, 5.41) is 4.16. The number of halogens is 1. The zero-order chi connectivity index (χ0) is 15.4. The predicted molar refractivity (Wildman–Crippen MR) is 98.8 cm³/mol. The van der Waals surface area contributed by atoms with Crippen LogP contribution in [0.5, 0.6) is 0 Å². The first-order valence-electron chi connectivity index (χ1n) is 7.50. The molecule has 3 heteroatoms. The van der Waals surface area contributed by atoms with E-state index in [0.29, 0.717) is 0 Å². The summed E-state index contributed by atoms with van der Waals surface area (Å²) in [7, 11) is 2.60. The quantitative estimate of drug-likeness (QED) is 0.589. The molecule has 0 aromatic heterocycles. The minimum atomic E-state index is -1.79. The first-order valence-corrected chi connectivity index (χ1v) is 9.24. The summed E-state index contributed by atoms with van der Waals surface area (Å²) < 4.78 is 2.41. The Kier molecular flexibility index (Phi) is 6.12. The highest BCUT2D eigenvalue weighted by atomic mass is 79.9. The maximum Gasteiger partial charge on any atom is 0.180 e.